The number of methoxy groups -OCH3 is 1. The third kappa shape index (κ3) is 2.67. The van der Waals surface area contributed by atoms with Gasteiger partial charge in [0, 0.05) is 12.8 Å². The lowest BCUT2D eigenvalue weighted by molar-refractivity contribution is -0.134. The van der Waals surface area contributed by atoms with Gasteiger partial charge in [-0.3, -0.25) is 4.79 Å². The number of hydrogen-bond acceptors (Lipinski definition) is 3. The summed E-state index contributed by atoms with van der Waals surface area (Å²) in [5.74, 6) is -1.08. The van der Waals surface area contributed by atoms with Crippen LogP contribution in [0, 0.1) is 12.3 Å². The molecular weight excluding hydrogens is 258 g/mol. The lowest BCUT2D eigenvalue weighted by Gasteiger charge is -2.39. The highest BCUT2D eigenvalue weighted by molar-refractivity contribution is 5.98. The average molecular weight is 277 g/mol. The van der Waals surface area contributed by atoms with Gasteiger partial charge < -0.3 is 15.2 Å². The predicted molar refractivity (Wildman–Crippen MR) is 74.9 cm³/mol. The highest BCUT2D eigenvalue weighted by Gasteiger charge is 2.44. The molecule has 0 radical (unpaired) electrons. The second kappa shape index (κ2) is 5.63. The Labute approximate surface area is 117 Å². The Hall–Kier alpha value is -1.88. The van der Waals surface area contributed by atoms with Crippen molar-refractivity contribution < 1.29 is 19.4 Å². The molecule has 1 aromatic rings. The van der Waals surface area contributed by atoms with Crippen molar-refractivity contribution >= 4 is 17.6 Å². The molecule has 0 aliphatic heterocycles. The van der Waals surface area contributed by atoms with E-state index >= 15 is 0 Å². The Bertz CT molecular complexity index is 535. The molecule has 5 nitrogen and oxygen atoms in total. The van der Waals surface area contributed by atoms with E-state index < -0.39 is 11.4 Å². The lowest BCUT2D eigenvalue weighted by atomic mass is 9.68. The third-order valence-corrected chi connectivity index (χ3v) is 3.94. The molecule has 0 aromatic heterocycles. The van der Waals surface area contributed by atoms with Crippen LogP contribution < -0.4 is 5.32 Å². The van der Waals surface area contributed by atoms with Crippen LogP contribution >= 0.6 is 0 Å². The zero-order chi connectivity index (χ0) is 14.8. The summed E-state index contributed by atoms with van der Waals surface area (Å²) in [6.45, 7) is 2.13. The van der Waals surface area contributed by atoms with Crippen molar-refractivity contribution in [2.24, 2.45) is 5.41 Å². The number of benzene rings is 1. The summed E-state index contributed by atoms with van der Waals surface area (Å²) in [6, 6.07) is 4.91. The molecule has 1 amide bonds. The number of carbonyl (C=O) groups excluding carboxylic acids is 1. The number of rotatable bonds is 5. The molecule has 20 heavy (non-hydrogen) atoms. The summed E-state index contributed by atoms with van der Waals surface area (Å²) in [7, 11) is 1.59. The van der Waals surface area contributed by atoms with Crippen LogP contribution in [-0.4, -0.2) is 30.7 Å². The largest absolute Gasteiger partial charge is 0.478 e. The highest BCUT2D eigenvalue weighted by Crippen LogP contribution is 2.42. The monoisotopic (exact) mass is 277 g/mol. The van der Waals surface area contributed by atoms with Gasteiger partial charge in [0.15, 0.2) is 0 Å². The van der Waals surface area contributed by atoms with E-state index in [0.29, 0.717) is 17.9 Å². The van der Waals surface area contributed by atoms with E-state index in [1.54, 1.807) is 26.2 Å². The van der Waals surface area contributed by atoms with Crippen LogP contribution in [0.3, 0.4) is 0 Å². The van der Waals surface area contributed by atoms with Crippen molar-refractivity contribution in [2.75, 3.05) is 19.0 Å². The quantitative estimate of drug-likeness (QED) is 0.866. The number of ether oxygens (including phenoxy) is 1. The second-order valence-electron chi connectivity index (χ2n) is 5.36. The van der Waals surface area contributed by atoms with Crippen molar-refractivity contribution in [1.29, 1.82) is 0 Å². The van der Waals surface area contributed by atoms with E-state index in [2.05, 4.69) is 5.32 Å². The first-order valence-electron chi connectivity index (χ1n) is 6.63. The molecule has 1 aliphatic carbocycles. The Morgan fingerprint density at radius 3 is 2.60 bits per heavy atom. The van der Waals surface area contributed by atoms with Crippen LogP contribution in [0.2, 0.25) is 0 Å². The molecule has 2 N–H and O–H groups in total. The van der Waals surface area contributed by atoms with Gasteiger partial charge in [-0.15, -0.1) is 0 Å². The van der Waals surface area contributed by atoms with Crippen molar-refractivity contribution in [1.82, 2.24) is 0 Å². The summed E-state index contributed by atoms with van der Waals surface area (Å²) in [5, 5.41) is 11.9. The SMILES string of the molecule is COCC1(C(=O)Nc2ccc(C)c(C(=O)O)c2)CCC1. The number of carboxylic acid groups (broad SMARTS) is 1. The zero-order valence-electron chi connectivity index (χ0n) is 11.7. The van der Waals surface area contributed by atoms with E-state index in [-0.39, 0.29) is 11.5 Å². The third-order valence-electron chi connectivity index (χ3n) is 3.94. The normalized spacial score (nSPS) is 16.3. The average Bonchev–Trinajstić information content (AvgIpc) is 2.35. The van der Waals surface area contributed by atoms with Crippen LogP contribution in [0.4, 0.5) is 5.69 Å². The summed E-state index contributed by atoms with van der Waals surface area (Å²) in [4.78, 5) is 23.4. The van der Waals surface area contributed by atoms with E-state index in [1.165, 1.54) is 6.07 Å². The Morgan fingerprint density at radius 1 is 1.40 bits per heavy atom. The van der Waals surface area contributed by atoms with Crippen LogP contribution in [0.5, 0.6) is 0 Å². The summed E-state index contributed by atoms with van der Waals surface area (Å²) < 4.78 is 5.13. The van der Waals surface area contributed by atoms with Crippen molar-refractivity contribution in [3.05, 3.63) is 29.3 Å². The molecule has 5 heteroatoms. The number of aromatic carboxylic acids is 1. The summed E-state index contributed by atoms with van der Waals surface area (Å²) in [5.41, 5.74) is 0.937. The van der Waals surface area contributed by atoms with Gasteiger partial charge in [0.05, 0.1) is 17.6 Å². The van der Waals surface area contributed by atoms with E-state index in [0.717, 1.165) is 19.3 Å². The van der Waals surface area contributed by atoms with Crippen LogP contribution in [0.15, 0.2) is 18.2 Å². The van der Waals surface area contributed by atoms with Crippen molar-refractivity contribution in [2.45, 2.75) is 26.2 Å². The Morgan fingerprint density at radius 2 is 2.10 bits per heavy atom. The zero-order valence-corrected chi connectivity index (χ0v) is 11.7. The molecule has 108 valence electrons. The van der Waals surface area contributed by atoms with Gasteiger partial charge >= 0.3 is 5.97 Å². The molecule has 2 rings (SSSR count). The van der Waals surface area contributed by atoms with Gasteiger partial charge in [0.25, 0.3) is 0 Å². The van der Waals surface area contributed by atoms with Crippen LogP contribution in [0.1, 0.15) is 35.2 Å². The number of anilines is 1. The molecule has 0 unspecified atom stereocenters. The fourth-order valence-electron chi connectivity index (χ4n) is 2.51. The summed E-state index contributed by atoms with van der Waals surface area (Å²) in [6.07, 6.45) is 2.64. The minimum atomic E-state index is -0.992. The van der Waals surface area contributed by atoms with E-state index in [9.17, 15) is 9.59 Å². The predicted octanol–water partition coefficient (Wildman–Crippen LogP) is 2.45. The minimum absolute atomic E-state index is 0.0919. The first kappa shape index (κ1) is 14.5. The first-order valence-corrected chi connectivity index (χ1v) is 6.63. The summed E-state index contributed by atoms with van der Waals surface area (Å²) >= 11 is 0. The Kier molecular flexibility index (Phi) is 4.09. The number of nitrogens with one attached hydrogen (secondary N) is 1. The van der Waals surface area contributed by atoms with Crippen LogP contribution in [0.25, 0.3) is 0 Å². The van der Waals surface area contributed by atoms with Gasteiger partial charge in [-0.1, -0.05) is 12.5 Å². The first-order chi connectivity index (χ1) is 9.48. The van der Waals surface area contributed by atoms with E-state index in [4.69, 9.17) is 9.84 Å². The van der Waals surface area contributed by atoms with Crippen molar-refractivity contribution in [3.8, 4) is 0 Å². The lowest BCUT2D eigenvalue weighted by Crippen LogP contribution is -2.45. The molecule has 0 atom stereocenters. The maximum atomic E-state index is 12.3. The molecule has 0 spiro atoms. The molecule has 1 aliphatic rings. The topological polar surface area (TPSA) is 75.6 Å². The minimum Gasteiger partial charge on any atom is -0.478 e. The fraction of sp³-hybridized carbons (Fsp3) is 0.467. The Balaban J connectivity index is 2.15. The van der Waals surface area contributed by atoms with Crippen LogP contribution in [-0.2, 0) is 9.53 Å². The number of hydrogen-bond donors (Lipinski definition) is 2. The van der Waals surface area contributed by atoms with Gasteiger partial charge in [-0.05, 0) is 37.5 Å². The van der Waals surface area contributed by atoms with Gasteiger partial charge in [0.1, 0.15) is 0 Å². The van der Waals surface area contributed by atoms with E-state index in [1.807, 2.05) is 0 Å². The number of carbonyl (C=O) groups is 2. The number of amides is 1. The standard InChI is InChI=1S/C15H19NO4/c1-10-4-5-11(8-12(10)13(17)18)16-14(19)15(9-20-2)6-3-7-15/h4-5,8H,3,6-7,9H2,1-2H3,(H,16,19)(H,17,18). The van der Waals surface area contributed by atoms with Crippen molar-refractivity contribution in [3.63, 3.8) is 0 Å². The number of carboxylic acids is 1. The second-order valence-corrected chi connectivity index (χ2v) is 5.36. The maximum Gasteiger partial charge on any atom is 0.336 e. The molecule has 1 fully saturated rings. The van der Waals surface area contributed by atoms with Gasteiger partial charge in [0.2, 0.25) is 5.91 Å². The van der Waals surface area contributed by atoms with Gasteiger partial charge in [-0.25, -0.2) is 4.79 Å². The fourth-order valence-corrected chi connectivity index (χ4v) is 2.51. The van der Waals surface area contributed by atoms with Gasteiger partial charge in [-0.2, -0.15) is 0 Å². The molecule has 0 bridgehead atoms. The molecule has 1 aromatic carbocycles. The molecule has 0 saturated heterocycles. The molecule has 1 saturated carbocycles. The molecular formula is C15H19NO4. The molecule has 0 heterocycles. The maximum absolute atomic E-state index is 12.3. The highest BCUT2D eigenvalue weighted by atomic mass is 16.5. The number of aryl methyl sites for hydroxylation is 1. The smallest absolute Gasteiger partial charge is 0.336 e.